The van der Waals surface area contributed by atoms with E-state index in [1.54, 1.807) is 20.8 Å². The van der Waals surface area contributed by atoms with Crippen molar-refractivity contribution in [3.8, 4) is 0 Å². The van der Waals surface area contributed by atoms with Crippen LogP contribution in [-0.2, 0) is 68.7 Å². The van der Waals surface area contributed by atoms with Crippen LogP contribution in [0.4, 0.5) is 0 Å². The van der Waals surface area contributed by atoms with Crippen molar-refractivity contribution in [2.24, 2.45) is 51.2 Å². The van der Waals surface area contributed by atoms with Gasteiger partial charge in [-0.2, -0.15) is 0 Å². The predicted octanol–water partition coefficient (Wildman–Crippen LogP) is -8.62. The van der Waals surface area contributed by atoms with E-state index < -0.39 is 182 Å². The molecule has 458 valence electrons. The zero-order valence-electron chi connectivity index (χ0n) is 46.1. The summed E-state index contributed by atoms with van der Waals surface area (Å²) in [6.45, 7) is 4.75. The van der Waals surface area contributed by atoms with E-state index in [2.05, 4.69) is 57.5 Å². The molecule has 0 spiro atoms. The van der Waals surface area contributed by atoms with E-state index in [9.17, 15) is 77.6 Å². The number of nitrogens with two attached hydrogens (primary N) is 6. The number of aliphatic carboxylic acids is 1. The predicted molar refractivity (Wildman–Crippen MR) is 287 cm³/mol. The maximum atomic E-state index is 14.3. The highest BCUT2D eigenvalue weighted by atomic mass is 16.4. The molecule has 0 bridgehead atoms. The van der Waals surface area contributed by atoms with Crippen molar-refractivity contribution in [3.63, 3.8) is 0 Å². The first kappa shape index (κ1) is 69.6. The van der Waals surface area contributed by atoms with Gasteiger partial charge in [-0.25, -0.2) is 9.78 Å². The minimum atomic E-state index is -1.91. The second kappa shape index (κ2) is 34.6. The molecular formula is C48H80N18O16. The molecule has 2 heterocycles. The van der Waals surface area contributed by atoms with Crippen LogP contribution in [0.25, 0.3) is 0 Å². The number of nitrogens with one attached hydrogen (secondary N) is 9. The number of hydrogen-bond acceptors (Lipinski definition) is 18. The molecule has 24 N–H and O–H groups in total. The number of rotatable bonds is 37. The minimum absolute atomic E-state index is 0.0147. The first-order chi connectivity index (χ1) is 38.5. The van der Waals surface area contributed by atoms with Crippen molar-refractivity contribution in [3.05, 3.63) is 18.2 Å². The van der Waals surface area contributed by atoms with Crippen LogP contribution in [0.3, 0.4) is 0 Å². The Morgan fingerprint density at radius 1 is 0.671 bits per heavy atom. The molecule has 34 heteroatoms. The average Bonchev–Trinajstić information content (AvgIpc) is 4.25. The smallest absolute Gasteiger partial charge is 0.326 e. The Morgan fingerprint density at radius 2 is 1.18 bits per heavy atom. The molecule has 1 saturated heterocycles. The molecule has 34 nitrogen and oxygen atoms in total. The number of primary amides is 3. The van der Waals surface area contributed by atoms with Crippen molar-refractivity contribution in [1.82, 2.24) is 57.4 Å². The van der Waals surface area contributed by atoms with Gasteiger partial charge in [0, 0.05) is 37.8 Å². The number of aliphatic hydroxyl groups is 2. The van der Waals surface area contributed by atoms with E-state index in [4.69, 9.17) is 34.4 Å². The SMILES string of the molecule is CC[C@H](C)[C@H](NC(=O)[C@H](CO)NC(=O)[C@H](CC(N)=O)NC(=O)[C@H](CCC(N)=O)NC(=O)[C@@H]1CCCN1C(=O)[C@@H](N)CO)C(=O)N[C@@H](CCCN=C(N)N)C(=O)N[C@@H](Cc1cnc[nH]1)C(=O)N[C@@H](CC(N)=O)C(=O)N[C@@H](CC(C)C)C(=O)O. The van der Waals surface area contributed by atoms with E-state index in [1.165, 1.54) is 19.4 Å². The Bertz CT molecular complexity index is 2440. The number of carboxylic acids is 1. The number of hydrogen-bond donors (Lipinski definition) is 18. The number of H-pyrrole nitrogens is 1. The summed E-state index contributed by atoms with van der Waals surface area (Å²) in [6, 6.07) is -15.8. The lowest BCUT2D eigenvalue weighted by Gasteiger charge is -2.29. The van der Waals surface area contributed by atoms with Gasteiger partial charge in [0.05, 0.1) is 32.4 Å². The van der Waals surface area contributed by atoms with Crippen LogP contribution in [0.1, 0.15) is 97.6 Å². The number of carbonyl (C=O) groups is 13. The number of aliphatic hydroxyl groups excluding tert-OH is 2. The van der Waals surface area contributed by atoms with Crippen molar-refractivity contribution in [2.75, 3.05) is 26.3 Å². The fourth-order valence-corrected chi connectivity index (χ4v) is 8.30. The van der Waals surface area contributed by atoms with Gasteiger partial charge in [0.15, 0.2) is 5.96 Å². The van der Waals surface area contributed by atoms with Gasteiger partial charge < -0.3 is 102 Å². The van der Waals surface area contributed by atoms with Gasteiger partial charge in [0.25, 0.3) is 0 Å². The van der Waals surface area contributed by atoms with Crippen LogP contribution in [0.2, 0.25) is 0 Å². The lowest BCUT2D eigenvalue weighted by Crippen LogP contribution is -2.62. The number of carbonyl (C=O) groups excluding carboxylic acids is 12. The van der Waals surface area contributed by atoms with Crippen molar-refractivity contribution in [2.45, 2.75) is 159 Å². The Hall–Kier alpha value is -8.53. The van der Waals surface area contributed by atoms with Crippen LogP contribution in [0.15, 0.2) is 17.5 Å². The number of guanidine groups is 1. The van der Waals surface area contributed by atoms with Crippen molar-refractivity contribution >= 4 is 82.8 Å². The highest BCUT2D eigenvalue weighted by Gasteiger charge is 2.40. The molecule has 2 rings (SSSR count). The maximum absolute atomic E-state index is 14.3. The second-order valence-corrected chi connectivity index (χ2v) is 20.0. The van der Waals surface area contributed by atoms with E-state index >= 15 is 0 Å². The first-order valence-corrected chi connectivity index (χ1v) is 26.3. The first-order valence-electron chi connectivity index (χ1n) is 26.3. The lowest BCUT2D eigenvalue weighted by molar-refractivity contribution is -0.143. The summed E-state index contributed by atoms with van der Waals surface area (Å²) >= 11 is 0. The van der Waals surface area contributed by atoms with E-state index in [0.717, 1.165) is 4.90 Å². The Kier molecular flexibility index (Phi) is 29.3. The number of amides is 12. The molecule has 0 aliphatic carbocycles. The summed E-state index contributed by atoms with van der Waals surface area (Å²) in [7, 11) is 0. The molecule has 12 amide bonds. The van der Waals surface area contributed by atoms with E-state index in [1.807, 2.05) is 0 Å². The summed E-state index contributed by atoms with van der Waals surface area (Å²) in [5.41, 5.74) is 33.0. The zero-order valence-corrected chi connectivity index (χ0v) is 46.1. The molecule has 0 saturated carbocycles. The van der Waals surface area contributed by atoms with Gasteiger partial charge in [-0.15, -0.1) is 0 Å². The van der Waals surface area contributed by atoms with Crippen molar-refractivity contribution in [1.29, 1.82) is 0 Å². The average molecular weight is 1170 g/mol. The number of aromatic nitrogens is 2. The fraction of sp³-hybridized carbons (Fsp3) is 0.646. The maximum Gasteiger partial charge on any atom is 0.326 e. The lowest BCUT2D eigenvalue weighted by atomic mass is 9.97. The van der Waals surface area contributed by atoms with Gasteiger partial charge in [-0.05, 0) is 50.4 Å². The largest absolute Gasteiger partial charge is 0.480 e. The molecule has 1 aromatic heterocycles. The third-order valence-electron chi connectivity index (χ3n) is 12.9. The van der Waals surface area contributed by atoms with E-state index in [-0.39, 0.29) is 69.2 Å². The summed E-state index contributed by atoms with van der Waals surface area (Å²) < 4.78 is 0. The fourth-order valence-electron chi connectivity index (χ4n) is 8.30. The molecule has 11 atom stereocenters. The van der Waals surface area contributed by atoms with Crippen LogP contribution < -0.4 is 76.9 Å². The summed E-state index contributed by atoms with van der Waals surface area (Å²) in [4.78, 5) is 183. The highest BCUT2D eigenvalue weighted by molar-refractivity contribution is 6.00. The molecule has 1 aromatic rings. The molecule has 0 aromatic carbocycles. The third-order valence-corrected chi connectivity index (χ3v) is 12.9. The van der Waals surface area contributed by atoms with Gasteiger partial charge in [0.2, 0.25) is 70.9 Å². The normalized spacial score (nSPS) is 16.6. The number of aliphatic imine (C=N–C) groups is 1. The monoisotopic (exact) mass is 1160 g/mol. The third kappa shape index (κ3) is 23.7. The van der Waals surface area contributed by atoms with Gasteiger partial charge in [-0.1, -0.05) is 34.1 Å². The highest BCUT2D eigenvalue weighted by Crippen LogP contribution is 2.19. The molecule has 0 radical (unpaired) electrons. The van der Waals surface area contributed by atoms with Gasteiger partial charge in [0.1, 0.15) is 60.4 Å². The molecule has 0 unspecified atom stereocenters. The zero-order chi connectivity index (χ0) is 62.0. The van der Waals surface area contributed by atoms with Gasteiger partial charge in [-0.3, -0.25) is 62.5 Å². The van der Waals surface area contributed by atoms with Crippen molar-refractivity contribution < 1.29 is 77.6 Å². The molecule has 82 heavy (non-hydrogen) atoms. The molecule has 1 aliphatic heterocycles. The van der Waals surface area contributed by atoms with Crippen LogP contribution in [0, 0.1) is 11.8 Å². The van der Waals surface area contributed by atoms with Crippen LogP contribution in [-0.4, -0.2) is 200 Å². The number of likely N-dealkylation sites (tertiary alicyclic amines) is 1. The number of aromatic amines is 1. The molecule has 1 aliphatic rings. The second-order valence-electron chi connectivity index (χ2n) is 20.0. The summed E-state index contributed by atoms with van der Waals surface area (Å²) in [5.74, 6) is -15.1. The van der Waals surface area contributed by atoms with E-state index in [0.29, 0.717) is 6.42 Å². The van der Waals surface area contributed by atoms with Crippen LogP contribution in [0.5, 0.6) is 0 Å². The Morgan fingerprint density at radius 3 is 1.67 bits per heavy atom. The van der Waals surface area contributed by atoms with Crippen LogP contribution >= 0.6 is 0 Å². The quantitative estimate of drug-likeness (QED) is 0.0167. The van der Waals surface area contributed by atoms with Gasteiger partial charge >= 0.3 is 5.97 Å². The number of nitrogens with zero attached hydrogens (tertiary/aromatic N) is 3. The summed E-state index contributed by atoms with van der Waals surface area (Å²) in [5, 5.41) is 48.5. The Balaban J connectivity index is 2.44. The standard InChI is InChI=1S/C48H80N18O16/c1-5-23(4)37(65-43(77)32(20-68)64-42(76)30(17-36(52)71)61-39(73)27(10-11-34(50)69)58-44(78)33-9-7-13-66(33)46(80)25(49)19-67)45(79)59-26(8-6-12-56-48(53)54)38(72)60-28(15-24-18-55-21-57-24)40(74)62-29(16-35(51)70)41(75)63-31(47(81)82)14-22(2)3/h18,21-23,25-33,37,67-68H,5-17,19-20,49H2,1-4H3,(H2,50,69)(H2,51,70)(H2,52,71)(H,55,57)(H,58,78)(H,59,79)(H,60,72)(H,61,73)(H,62,74)(H,63,75)(H,64,76)(H,65,77)(H,81,82)(H4,53,54,56)/t23-,25-,26-,27-,28-,29-,30-,31-,32-,33-,37-/m0/s1. The molecular weight excluding hydrogens is 1080 g/mol. The summed E-state index contributed by atoms with van der Waals surface area (Å²) in [6.07, 6.45) is 0.102. The number of imidazole rings is 1. The number of carboxylic acid groups (broad SMARTS) is 1. The minimum Gasteiger partial charge on any atom is -0.480 e. The Labute approximate surface area is 471 Å². The topological polar surface area (TPSA) is 579 Å². The molecule has 1 fully saturated rings.